The Bertz CT molecular complexity index is 483. The normalized spacial score (nSPS) is 11.2. The van der Waals surface area contributed by atoms with E-state index in [-0.39, 0.29) is 5.56 Å². The van der Waals surface area contributed by atoms with Crippen LogP contribution >= 0.6 is 11.6 Å². The molecule has 98 valence electrons. The molecule has 0 amide bonds. The minimum Gasteiger partial charge on any atom is -0.469 e. The summed E-state index contributed by atoms with van der Waals surface area (Å²) in [5.41, 5.74) is -1.35. The van der Waals surface area contributed by atoms with Crippen molar-refractivity contribution in [2.24, 2.45) is 0 Å². The molecule has 18 heavy (non-hydrogen) atoms. The fourth-order valence-corrected chi connectivity index (χ4v) is 1.45. The van der Waals surface area contributed by atoms with Gasteiger partial charge in [-0.25, -0.2) is 0 Å². The molecule has 1 rings (SSSR count). The van der Waals surface area contributed by atoms with Crippen molar-refractivity contribution in [3.8, 4) is 0 Å². The zero-order valence-electron chi connectivity index (χ0n) is 9.18. The Morgan fingerprint density at radius 2 is 1.94 bits per heavy atom. The lowest BCUT2D eigenvalue weighted by atomic mass is 10.0. The number of benzene rings is 1. The van der Waals surface area contributed by atoms with Crippen molar-refractivity contribution in [3.63, 3.8) is 0 Å². The maximum atomic E-state index is 12.5. The van der Waals surface area contributed by atoms with E-state index in [1.165, 1.54) is 0 Å². The number of ketones is 1. The van der Waals surface area contributed by atoms with Crippen LogP contribution in [-0.2, 0) is 15.7 Å². The van der Waals surface area contributed by atoms with Crippen molar-refractivity contribution in [3.05, 3.63) is 34.3 Å². The molecule has 0 saturated heterocycles. The van der Waals surface area contributed by atoms with Crippen LogP contribution in [0.4, 0.5) is 13.2 Å². The summed E-state index contributed by atoms with van der Waals surface area (Å²) in [5, 5.41) is -0.503. The first-order valence-electron chi connectivity index (χ1n) is 4.72. The fraction of sp³-hybridized carbons (Fsp3) is 0.273. The Labute approximate surface area is 105 Å². The first-order valence-corrected chi connectivity index (χ1v) is 5.10. The van der Waals surface area contributed by atoms with Crippen molar-refractivity contribution in [2.45, 2.75) is 12.6 Å². The number of alkyl halides is 3. The Morgan fingerprint density at radius 1 is 1.33 bits per heavy atom. The molecule has 0 atom stereocenters. The van der Waals surface area contributed by atoms with Crippen LogP contribution in [0.25, 0.3) is 0 Å². The quantitative estimate of drug-likeness (QED) is 0.485. The molecule has 0 bridgehead atoms. The first-order chi connectivity index (χ1) is 8.25. The van der Waals surface area contributed by atoms with Crippen molar-refractivity contribution in [1.82, 2.24) is 0 Å². The molecule has 1 aromatic carbocycles. The third-order valence-electron chi connectivity index (χ3n) is 2.13. The van der Waals surface area contributed by atoms with Gasteiger partial charge in [0, 0.05) is 5.56 Å². The molecule has 0 aromatic heterocycles. The minimum atomic E-state index is -4.65. The van der Waals surface area contributed by atoms with E-state index in [2.05, 4.69) is 4.74 Å². The molecule has 0 aliphatic carbocycles. The Hall–Kier alpha value is -1.56. The molecule has 0 spiro atoms. The van der Waals surface area contributed by atoms with Crippen LogP contribution in [0.3, 0.4) is 0 Å². The lowest BCUT2D eigenvalue weighted by Crippen LogP contribution is -2.12. The average molecular weight is 281 g/mol. The van der Waals surface area contributed by atoms with E-state index in [0.717, 1.165) is 19.2 Å². The van der Waals surface area contributed by atoms with Gasteiger partial charge in [0.2, 0.25) is 0 Å². The van der Waals surface area contributed by atoms with Crippen molar-refractivity contribution >= 4 is 23.4 Å². The van der Waals surface area contributed by atoms with Gasteiger partial charge in [0.1, 0.15) is 6.42 Å². The SMILES string of the molecule is COC(=O)CC(=O)c1ccc(Cl)c(C(F)(F)F)c1. The maximum absolute atomic E-state index is 12.5. The van der Waals surface area contributed by atoms with E-state index in [1.54, 1.807) is 0 Å². The number of rotatable bonds is 3. The van der Waals surface area contributed by atoms with Crippen LogP contribution < -0.4 is 0 Å². The number of carbonyl (C=O) groups excluding carboxylic acids is 2. The molecular formula is C11H8ClF3O3. The van der Waals surface area contributed by atoms with E-state index >= 15 is 0 Å². The Balaban J connectivity index is 3.06. The first kappa shape index (κ1) is 14.5. The largest absolute Gasteiger partial charge is 0.469 e. The highest BCUT2D eigenvalue weighted by Crippen LogP contribution is 2.35. The van der Waals surface area contributed by atoms with Gasteiger partial charge in [-0.3, -0.25) is 9.59 Å². The second kappa shape index (κ2) is 5.39. The van der Waals surface area contributed by atoms with Crippen LogP contribution in [0.5, 0.6) is 0 Å². The number of methoxy groups -OCH3 is 1. The van der Waals surface area contributed by atoms with E-state index in [9.17, 15) is 22.8 Å². The summed E-state index contributed by atoms with van der Waals surface area (Å²) in [4.78, 5) is 22.3. The summed E-state index contributed by atoms with van der Waals surface area (Å²) < 4.78 is 41.9. The minimum absolute atomic E-state index is 0.239. The molecule has 0 aliphatic heterocycles. The van der Waals surface area contributed by atoms with E-state index in [1.807, 2.05) is 0 Å². The van der Waals surface area contributed by atoms with Gasteiger partial charge in [0.05, 0.1) is 17.7 Å². The topological polar surface area (TPSA) is 43.4 Å². The van der Waals surface area contributed by atoms with Gasteiger partial charge in [-0.1, -0.05) is 11.6 Å². The van der Waals surface area contributed by atoms with Crippen LogP contribution in [0, 0.1) is 0 Å². The predicted octanol–water partition coefficient (Wildman–Crippen LogP) is 3.10. The van der Waals surface area contributed by atoms with Gasteiger partial charge in [-0.15, -0.1) is 0 Å². The number of carbonyl (C=O) groups is 2. The molecule has 0 heterocycles. The molecule has 1 aromatic rings. The lowest BCUT2D eigenvalue weighted by molar-refractivity contribution is -0.139. The zero-order valence-corrected chi connectivity index (χ0v) is 9.93. The van der Waals surface area contributed by atoms with Gasteiger partial charge in [-0.05, 0) is 18.2 Å². The summed E-state index contributed by atoms with van der Waals surface area (Å²) in [6, 6.07) is 2.71. The lowest BCUT2D eigenvalue weighted by Gasteiger charge is -2.10. The zero-order chi connectivity index (χ0) is 13.9. The Kier molecular flexibility index (Phi) is 4.34. The summed E-state index contributed by atoms with van der Waals surface area (Å²) in [5.74, 6) is -1.58. The van der Waals surface area contributed by atoms with E-state index < -0.39 is 34.9 Å². The number of halogens is 4. The molecular weight excluding hydrogens is 273 g/mol. The number of esters is 1. The van der Waals surface area contributed by atoms with Gasteiger partial charge >= 0.3 is 12.1 Å². The molecule has 3 nitrogen and oxygen atoms in total. The smallest absolute Gasteiger partial charge is 0.417 e. The maximum Gasteiger partial charge on any atom is 0.417 e. The second-order valence-corrected chi connectivity index (χ2v) is 3.78. The summed E-state index contributed by atoms with van der Waals surface area (Å²) in [6.45, 7) is 0. The van der Waals surface area contributed by atoms with Crippen LogP contribution in [0.15, 0.2) is 18.2 Å². The van der Waals surface area contributed by atoms with Crippen LogP contribution in [0.2, 0.25) is 5.02 Å². The third kappa shape index (κ3) is 3.46. The van der Waals surface area contributed by atoms with Gasteiger partial charge < -0.3 is 4.74 Å². The molecule has 7 heteroatoms. The summed E-state index contributed by atoms with van der Waals surface area (Å²) in [6.07, 6.45) is -5.27. The van der Waals surface area contributed by atoms with Gasteiger partial charge in [0.25, 0.3) is 0 Å². The second-order valence-electron chi connectivity index (χ2n) is 3.37. The monoisotopic (exact) mass is 280 g/mol. The van der Waals surface area contributed by atoms with Crippen LogP contribution in [-0.4, -0.2) is 18.9 Å². The molecule has 0 aliphatic rings. The fourth-order valence-electron chi connectivity index (χ4n) is 1.22. The standard InChI is InChI=1S/C11H8ClF3O3/c1-18-10(17)5-9(16)6-2-3-8(12)7(4-6)11(13,14)15/h2-4H,5H2,1H3. The van der Waals surface area contributed by atoms with Gasteiger partial charge in [-0.2, -0.15) is 13.2 Å². The van der Waals surface area contributed by atoms with Crippen molar-refractivity contribution < 1.29 is 27.5 Å². The molecule has 0 radical (unpaired) electrons. The highest BCUT2D eigenvalue weighted by molar-refractivity contribution is 6.31. The molecule has 0 N–H and O–H groups in total. The highest BCUT2D eigenvalue weighted by atomic mass is 35.5. The average Bonchev–Trinajstić information content (AvgIpc) is 2.27. The van der Waals surface area contributed by atoms with Crippen LogP contribution in [0.1, 0.15) is 22.3 Å². The van der Waals surface area contributed by atoms with E-state index in [0.29, 0.717) is 6.07 Å². The van der Waals surface area contributed by atoms with Crippen molar-refractivity contribution in [1.29, 1.82) is 0 Å². The number of ether oxygens (including phenoxy) is 1. The van der Waals surface area contributed by atoms with Gasteiger partial charge in [0.15, 0.2) is 5.78 Å². The number of hydrogen-bond acceptors (Lipinski definition) is 3. The molecule has 0 fully saturated rings. The van der Waals surface area contributed by atoms with E-state index in [4.69, 9.17) is 11.6 Å². The highest BCUT2D eigenvalue weighted by Gasteiger charge is 2.33. The molecule has 0 unspecified atom stereocenters. The summed E-state index contributed by atoms with van der Waals surface area (Å²) in [7, 11) is 1.08. The molecule has 0 saturated carbocycles. The third-order valence-corrected chi connectivity index (χ3v) is 2.46. The summed E-state index contributed by atoms with van der Waals surface area (Å²) >= 11 is 5.40. The predicted molar refractivity (Wildman–Crippen MR) is 57.4 cm³/mol. The Morgan fingerprint density at radius 3 is 2.44 bits per heavy atom. The number of hydrogen-bond donors (Lipinski definition) is 0. The number of Topliss-reactive ketones (excluding diaryl/α,β-unsaturated/α-hetero) is 1. The van der Waals surface area contributed by atoms with Crippen molar-refractivity contribution in [2.75, 3.05) is 7.11 Å².